The maximum absolute atomic E-state index is 13.2. The molecular weight excluding hydrogens is 384 g/mol. The van der Waals surface area contributed by atoms with E-state index in [1.807, 2.05) is 60.4 Å². The molecule has 0 bridgehead atoms. The maximum atomic E-state index is 13.2. The highest BCUT2D eigenvalue weighted by Gasteiger charge is 2.26. The summed E-state index contributed by atoms with van der Waals surface area (Å²) in [6.07, 6.45) is 0.361. The van der Waals surface area contributed by atoms with E-state index < -0.39 is 0 Å². The third-order valence-corrected chi connectivity index (χ3v) is 6.11. The molecule has 4 nitrogen and oxygen atoms in total. The van der Waals surface area contributed by atoms with Crippen LogP contribution in [0.15, 0.2) is 78.9 Å². The number of aromatic hydroxyl groups is 1. The van der Waals surface area contributed by atoms with Gasteiger partial charge in [-0.15, -0.1) is 0 Å². The van der Waals surface area contributed by atoms with E-state index in [1.165, 1.54) is 5.56 Å². The molecule has 1 fully saturated rings. The van der Waals surface area contributed by atoms with Crippen molar-refractivity contribution in [2.24, 2.45) is 0 Å². The van der Waals surface area contributed by atoms with Gasteiger partial charge in [-0.1, -0.05) is 78.4 Å². The van der Waals surface area contributed by atoms with Crippen LogP contribution in [0.2, 0.25) is 0 Å². The standard InChI is InChI=1S/C27H30N2O2/c1-21-12-13-26(30)25(18-21)24(23-10-6-3-7-11-23)19-27(31)29-16-14-28(15-17-29)20-22-8-4-2-5-9-22/h2-13,18,24,30H,14-17,19-20H2,1H3/t24-/m1/s1. The number of carbonyl (C=O) groups is 1. The van der Waals surface area contributed by atoms with Gasteiger partial charge in [0.25, 0.3) is 0 Å². The van der Waals surface area contributed by atoms with Gasteiger partial charge in [0.2, 0.25) is 5.91 Å². The third-order valence-electron chi connectivity index (χ3n) is 6.11. The molecule has 0 aromatic heterocycles. The molecule has 0 unspecified atom stereocenters. The first kappa shape index (κ1) is 21.1. The predicted molar refractivity (Wildman–Crippen MR) is 124 cm³/mol. The van der Waals surface area contributed by atoms with Gasteiger partial charge in [-0.3, -0.25) is 9.69 Å². The lowest BCUT2D eigenvalue weighted by atomic mass is 9.86. The van der Waals surface area contributed by atoms with Gasteiger partial charge in [-0.2, -0.15) is 0 Å². The van der Waals surface area contributed by atoms with Gasteiger partial charge in [0.15, 0.2) is 0 Å². The zero-order valence-electron chi connectivity index (χ0n) is 18.1. The number of piperazine rings is 1. The Hall–Kier alpha value is -3.11. The van der Waals surface area contributed by atoms with E-state index in [-0.39, 0.29) is 17.6 Å². The molecule has 4 rings (SSSR count). The molecule has 31 heavy (non-hydrogen) atoms. The monoisotopic (exact) mass is 414 g/mol. The Labute approximate surface area is 184 Å². The Bertz CT molecular complexity index is 996. The molecule has 160 valence electrons. The zero-order chi connectivity index (χ0) is 21.6. The fraction of sp³-hybridized carbons (Fsp3) is 0.296. The average Bonchev–Trinajstić information content (AvgIpc) is 2.81. The molecule has 0 spiro atoms. The van der Waals surface area contributed by atoms with Crippen LogP contribution < -0.4 is 0 Å². The molecule has 1 atom stereocenters. The number of carbonyl (C=O) groups excluding carboxylic acids is 1. The van der Waals surface area contributed by atoms with Crippen LogP contribution in [-0.4, -0.2) is 47.0 Å². The molecule has 1 aliphatic rings. The van der Waals surface area contributed by atoms with Crippen LogP contribution in [-0.2, 0) is 11.3 Å². The summed E-state index contributed by atoms with van der Waals surface area (Å²) in [5, 5.41) is 10.5. The normalized spacial score (nSPS) is 15.6. The Kier molecular flexibility index (Phi) is 6.68. The molecule has 1 saturated heterocycles. The van der Waals surface area contributed by atoms with Gasteiger partial charge >= 0.3 is 0 Å². The fourth-order valence-corrected chi connectivity index (χ4v) is 4.35. The SMILES string of the molecule is Cc1ccc(O)c([C@H](CC(=O)N2CCN(Cc3ccccc3)CC2)c2ccccc2)c1. The molecule has 0 radical (unpaired) electrons. The van der Waals surface area contributed by atoms with E-state index in [1.54, 1.807) is 6.07 Å². The summed E-state index contributed by atoms with van der Waals surface area (Å²) in [4.78, 5) is 17.6. The van der Waals surface area contributed by atoms with Crippen molar-refractivity contribution in [2.75, 3.05) is 26.2 Å². The summed E-state index contributed by atoms with van der Waals surface area (Å²) >= 11 is 0. The van der Waals surface area contributed by atoms with E-state index in [2.05, 4.69) is 29.2 Å². The second-order valence-electron chi connectivity index (χ2n) is 8.37. The quantitative estimate of drug-likeness (QED) is 0.643. The van der Waals surface area contributed by atoms with E-state index in [0.29, 0.717) is 6.42 Å². The third kappa shape index (κ3) is 5.33. The van der Waals surface area contributed by atoms with Crippen molar-refractivity contribution in [1.82, 2.24) is 9.80 Å². The molecule has 3 aromatic carbocycles. The first-order valence-corrected chi connectivity index (χ1v) is 11.0. The number of hydrogen-bond donors (Lipinski definition) is 1. The van der Waals surface area contributed by atoms with Crippen molar-refractivity contribution in [3.05, 3.63) is 101 Å². The van der Waals surface area contributed by atoms with Crippen molar-refractivity contribution in [1.29, 1.82) is 0 Å². The first-order chi connectivity index (χ1) is 15.1. The second kappa shape index (κ2) is 9.80. The van der Waals surface area contributed by atoms with E-state index in [4.69, 9.17) is 0 Å². The van der Waals surface area contributed by atoms with Crippen LogP contribution in [0, 0.1) is 6.92 Å². The summed E-state index contributed by atoms with van der Waals surface area (Å²) in [7, 11) is 0. The predicted octanol–water partition coefficient (Wildman–Crippen LogP) is 4.57. The van der Waals surface area contributed by atoms with Crippen molar-refractivity contribution in [3.8, 4) is 5.75 Å². The lowest BCUT2D eigenvalue weighted by molar-refractivity contribution is -0.133. The molecule has 1 aliphatic heterocycles. The topological polar surface area (TPSA) is 43.8 Å². The molecule has 3 aromatic rings. The number of phenols is 1. The number of benzene rings is 3. The van der Waals surface area contributed by atoms with Crippen molar-refractivity contribution < 1.29 is 9.90 Å². The minimum atomic E-state index is -0.157. The molecule has 1 N–H and O–H groups in total. The van der Waals surface area contributed by atoms with Crippen LogP contribution in [0.1, 0.15) is 34.6 Å². The van der Waals surface area contributed by atoms with Crippen LogP contribution in [0.3, 0.4) is 0 Å². The lowest BCUT2D eigenvalue weighted by Crippen LogP contribution is -2.48. The van der Waals surface area contributed by atoms with Crippen molar-refractivity contribution in [2.45, 2.75) is 25.8 Å². The molecule has 4 heteroatoms. The Morgan fingerprint density at radius 1 is 0.903 bits per heavy atom. The fourth-order valence-electron chi connectivity index (χ4n) is 4.35. The van der Waals surface area contributed by atoms with E-state index >= 15 is 0 Å². The Morgan fingerprint density at radius 3 is 2.23 bits per heavy atom. The molecule has 1 amide bonds. The highest BCUT2D eigenvalue weighted by atomic mass is 16.3. The summed E-state index contributed by atoms with van der Waals surface area (Å²) < 4.78 is 0. The minimum absolute atomic E-state index is 0.147. The van der Waals surface area contributed by atoms with Crippen LogP contribution in [0.4, 0.5) is 0 Å². The summed E-state index contributed by atoms with van der Waals surface area (Å²) in [5.74, 6) is 0.241. The number of aryl methyl sites for hydroxylation is 1. The van der Waals surface area contributed by atoms with Gasteiger partial charge in [-0.25, -0.2) is 0 Å². The summed E-state index contributed by atoms with van der Waals surface area (Å²) in [6.45, 7) is 6.18. The zero-order valence-corrected chi connectivity index (χ0v) is 18.1. The minimum Gasteiger partial charge on any atom is -0.508 e. The first-order valence-electron chi connectivity index (χ1n) is 11.0. The Morgan fingerprint density at radius 2 is 1.55 bits per heavy atom. The summed E-state index contributed by atoms with van der Waals surface area (Å²) in [5.41, 5.74) is 4.26. The van der Waals surface area contributed by atoms with Gasteiger partial charge in [0.1, 0.15) is 5.75 Å². The van der Waals surface area contributed by atoms with Gasteiger partial charge in [0.05, 0.1) is 0 Å². The molecule has 0 saturated carbocycles. The average molecular weight is 415 g/mol. The number of phenolic OH excluding ortho intramolecular Hbond substituents is 1. The molecular formula is C27H30N2O2. The van der Waals surface area contributed by atoms with Crippen LogP contribution >= 0.6 is 0 Å². The number of nitrogens with zero attached hydrogens (tertiary/aromatic N) is 2. The van der Waals surface area contributed by atoms with E-state index in [9.17, 15) is 9.90 Å². The Balaban J connectivity index is 1.44. The van der Waals surface area contributed by atoms with Gasteiger partial charge in [-0.05, 0) is 24.1 Å². The smallest absolute Gasteiger partial charge is 0.223 e. The van der Waals surface area contributed by atoms with Crippen molar-refractivity contribution >= 4 is 5.91 Å². The number of amides is 1. The maximum Gasteiger partial charge on any atom is 0.223 e. The van der Waals surface area contributed by atoms with Crippen LogP contribution in [0.5, 0.6) is 5.75 Å². The van der Waals surface area contributed by atoms with Gasteiger partial charge in [0, 0.05) is 50.6 Å². The molecule has 1 heterocycles. The summed E-state index contributed by atoms with van der Waals surface area (Å²) in [6, 6.07) is 26.1. The van der Waals surface area contributed by atoms with Crippen LogP contribution in [0.25, 0.3) is 0 Å². The largest absolute Gasteiger partial charge is 0.508 e. The highest BCUT2D eigenvalue weighted by molar-refractivity contribution is 5.78. The molecule has 0 aliphatic carbocycles. The van der Waals surface area contributed by atoms with E-state index in [0.717, 1.165) is 49.4 Å². The highest BCUT2D eigenvalue weighted by Crippen LogP contribution is 2.35. The van der Waals surface area contributed by atoms with Gasteiger partial charge < -0.3 is 10.0 Å². The lowest BCUT2D eigenvalue weighted by Gasteiger charge is -2.35. The second-order valence-corrected chi connectivity index (χ2v) is 8.37. The number of hydrogen-bond acceptors (Lipinski definition) is 3. The van der Waals surface area contributed by atoms with Crippen molar-refractivity contribution in [3.63, 3.8) is 0 Å². The number of rotatable bonds is 6.